The molecule has 0 bridgehead atoms. The number of aromatic nitrogens is 1. The first-order valence-corrected chi connectivity index (χ1v) is 18.9. The molecule has 0 saturated heterocycles. The maximum Gasteiger partial charge on any atom is 0.0715 e. The number of benzene rings is 8. The maximum absolute atomic E-state index is 9.04. The average Bonchev–Trinajstić information content (AvgIpc) is 3.29. The minimum atomic E-state index is 0.479. The van der Waals surface area contributed by atoms with Gasteiger partial charge >= 0.3 is 0 Å². The molecule has 8 aromatic carbocycles. The van der Waals surface area contributed by atoms with E-state index in [1.807, 2.05) is 54.6 Å². The van der Waals surface area contributed by atoms with Crippen molar-refractivity contribution < 1.29 is 0 Å². The number of hydrogen-bond donors (Lipinski definition) is 1. The average molecular weight is 715 g/mol. The third-order valence-electron chi connectivity index (χ3n) is 10.3. The molecule has 0 aliphatic heterocycles. The highest BCUT2D eigenvalue weighted by Gasteiger charge is 2.14. The van der Waals surface area contributed by atoms with Gasteiger partial charge in [-0.05, 0) is 103 Å². The highest BCUT2D eigenvalue weighted by atomic mass is 14.7. The lowest BCUT2D eigenvalue weighted by atomic mass is 9.89. The van der Waals surface area contributed by atoms with Crippen molar-refractivity contribution in [1.29, 1.82) is 5.41 Å². The number of nitrogens with zero attached hydrogens (tertiary/aromatic N) is 1. The largest absolute Gasteiger partial charge is 0.300 e. The van der Waals surface area contributed by atoms with Crippen LogP contribution in [0.25, 0.3) is 72.2 Å². The Hall–Kier alpha value is -7.42. The molecule has 0 saturated carbocycles. The van der Waals surface area contributed by atoms with Crippen LogP contribution in [0, 0.1) is 5.41 Å². The van der Waals surface area contributed by atoms with Gasteiger partial charge in [0.2, 0.25) is 0 Å². The summed E-state index contributed by atoms with van der Waals surface area (Å²) < 4.78 is 0. The molecular weight excluding hydrogens is 677 g/mol. The Morgan fingerprint density at radius 3 is 1.36 bits per heavy atom. The Kier molecular flexibility index (Phi) is 9.52. The molecule has 0 spiro atoms. The zero-order valence-corrected chi connectivity index (χ0v) is 30.8. The van der Waals surface area contributed by atoms with E-state index < -0.39 is 0 Å². The highest BCUT2D eigenvalue weighted by molar-refractivity contribution is 6.14. The van der Waals surface area contributed by atoms with Gasteiger partial charge in [0.05, 0.1) is 17.1 Å². The van der Waals surface area contributed by atoms with Crippen molar-refractivity contribution >= 4 is 22.1 Å². The van der Waals surface area contributed by atoms with Gasteiger partial charge in [-0.3, -0.25) is 0 Å². The predicted molar refractivity (Wildman–Crippen MR) is 236 cm³/mol. The molecule has 56 heavy (non-hydrogen) atoms. The van der Waals surface area contributed by atoms with Crippen molar-refractivity contribution in [2.45, 2.75) is 0 Å². The molecule has 1 heterocycles. The standard InChI is InChI=1S/C54H38N2/c55-52(40-18-7-2-8-19-40)37-51(38-16-5-1-6-17-38)49-29-15-24-39-30-31-47(34-50(39)49)45-27-13-25-43(32-45)44-26-14-28-46(33-44)48-35-53(41-20-9-3-10-21-41)56-54(36-48)42-22-11-4-12-23-42/h1-37,55H/b51-37-,55-52?. The minimum Gasteiger partial charge on any atom is -0.300 e. The summed E-state index contributed by atoms with van der Waals surface area (Å²) in [4.78, 5) is 5.09. The van der Waals surface area contributed by atoms with E-state index in [1.165, 1.54) is 0 Å². The normalized spacial score (nSPS) is 11.4. The van der Waals surface area contributed by atoms with E-state index in [9.17, 15) is 0 Å². The zero-order chi connectivity index (χ0) is 37.7. The molecule has 0 unspecified atom stereocenters. The molecule has 9 rings (SSSR count). The van der Waals surface area contributed by atoms with Crippen LogP contribution in [0.15, 0.2) is 224 Å². The van der Waals surface area contributed by atoms with Gasteiger partial charge in [-0.15, -0.1) is 0 Å². The summed E-state index contributed by atoms with van der Waals surface area (Å²) in [7, 11) is 0. The van der Waals surface area contributed by atoms with Crippen LogP contribution >= 0.6 is 0 Å². The maximum atomic E-state index is 9.04. The molecular formula is C54H38N2. The van der Waals surface area contributed by atoms with Crippen LogP contribution in [0.5, 0.6) is 0 Å². The Labute approximate surface area is 328 Å². The fraction of sp³-hybridized carbons (Fsp3) is 0. The van der Waals surface area contributed by atoms with Crippen LogP contribution < -0.4 is 0 Å². The number of fused-ring (bicyclic) bond motifs is 1. The summed E-state index contributed by atoms with van der Waals surface area (Å²) in [6.07, 6.45) is 2.01. The first-order chi connectivity index (χ1) is 27.7. The van der Waals surface area contributed by atoms with Crippen LogP contribution in [0.1, 0.15) is 16.7 Å². The lowest BCUT2D eigenvalue weighted by Crippen LogP contribution is -1.98. The quantitative estimate of drug-likeness (QED) is 0.149. The Morgan fingerprint density at radius 2 is 0.804 bits per heavy atom. The van der Waals surface area contributed by atoms with E-state index in [-0.39, 0.29) is 0 Å². The Balaban J connectivity index is 1.10. The fourth-order valence-corrected chi connectivity index (χ4v) is 7.43. The van der Waals surface area contributed by atoms with Crippen LogP contribution in [0.4, 0.5) is 0 Å². The predicted octanol–water partition coefficient (Wildman–Crippen LogP) is 14.1. The molecule has 0 aliphatic carbocycles. The molecule has 1 aromatic heterocycles. The topological polar surface area (TPSA) is 36.7 Å². The molecule has 0 aliphatic rings. The molecule has 264 valence electrons. The molecule has 2 nitrogen and oxygen atoms in total. The second kappa shape index (κ2) is 15.5. The van der Waals surface area contributed by atoms with E-state index in [0.717, 1.165) is 88.9 Å². The van der Waals surface area contributed by atoms with Gasteiger partial charge < -0.3 is 5.41 Å². The summed E-state index contributed by atoms with van der Waals surface area (Å²) in [5.74, 6) is 0. The molecule has 1 N–H and O–H groups in total. The first kappa shape index (κ1) is 34.4. The van der Waals surface area contributed by atoms with Crippen molar-refractivity contribution in [1.82, 2.24) is 4.98 Å². The lowest BCUT2D eigenvalue weighted by molar-refractivity contribution is 1.32. The fourth-order valence-electron chi connectivity index (χ4n) is 7.43. The van der Waals surface area contributed by atoms with Gasteiger partial charge in [0.25, 0.3) is 0 Å². The van der Waals surface area contributed by atoms with Gasteiger partial charge in [0.15, 0.2) is 0 Å². The van der Waals surface area contributed by atoms with Crippen molar-refractivity contribution in [3.05, 3.63) is 241 Å². The second-order valence-corrected chi connectivity index (χ2v) is 14.0. The third kappa shape index (κ3) is 7.24. The number of nitrogens with one attached hydrogen (secondary N) is 1. The molecule has 0 radical (unpaired) electrons. The van der Waals surface area contributed by atoms with Crippen LogP contribution in [0.2, 0.25) is 0 Å². The Bertz CT molecular complexity index is 2780. The molecule has 2 heteroatoms. The van der Waals surface area contributed by atoms with E-state index in [1.54, 1.807) is 0 Å². The zero-order valence-electron chi connectivity index (χ0n) is 30.8. The van der Waals surface area contributed by atoms with E-state index >= 15 is 0 Å². The molecule has 0 amide bonds. The summed E-state index contributed by atoms with van der Waals surface area (Å²) in [6.45, 7) is 0. The summed E-state index contributed by atoms with van der Waals surface area (Å²) >= 11 is 0. The monoisotopic (exact) mass is 714 g/mol. The highest BCUT2D eigenvalue weighted by Crippen LogP contribution is 2.36. The van der Waals surface area contributed by atoms with Gasteiger partial charge in [-0.1, -0.05) is 188 Å². The van der Waals surface area contributed by atoms with Crippen molar-refractivity contribution in [2.75, 3.05) is 0 Å². The summed E-state index contributed by atoms with van der Waals surface area (Å²) in [5.41, 5.74) is 15.5. The number of allylic oxidation sites excluding steroid dienone is 1. The molecule has 0 fully saturated rings. The van der Waals surface area contributed by atoms with Gasteiger partial charge in [0, 0.05) is 11.1 Å². The molecule has 0 atom stereocenters. The number of hydrogen-bond acceptors (Lipinski definition) is 2. The second-order valence-electron chi connectivity index (χ2n) is 14.0. The Morgan fingerprint density at radius 1 is 0.357 bits per heavy atom. The molecule has 9 aromatic rings. The van der Waals surface area contributed by atoms with E-state index in [4.69, 9.17) is 10.4 Å². The van der Waals surface area contributed by atoms with E-state index in [2.05, 4.69) is 170 Å². The smallest absolute Gasteiger partial charge is 0.0715 e. The summed E-state index contributed by atoms with van der Waals surface area (Å²) in [5, 5.41) is 11.3. The summed E-state index contributed by atoms with van der Waals surface area (Å²) in [6, 6.07) is 76.4. The van der Waals surface area contributed by atoms with Gasteiger partial charge in [-0.25, -0.2) is 4.98 Å². The van der Waals surface area contributed by atoms with Crippen LogP contribution in [-0.2, 0) is 0 Å². The van der Waals surface area contributed by atoms with Crippen molar-refractivity contribution in [2.24, 2.45) is 0 Å². The first-order valence-electron chi connectivity index (χ1n) is 18.9. The number of rotatable bonds is 9. The lowest BCUT2D eigenvalue weighted by Gasteiger charge is -2.15. The van der Waals surface area contributed by atoms with Gasteiger partial charge in [0.1, 0.15) is 0 Å². The van der Waals surface area contributed by atoms with Crippen LogP contribution in [0.3, 0.4) is 0 Å². The van der Waals surface area contributed by atoms with E-state index in [0.29, 0.717) is 5.71 Å². The minimum absolute atomic E-state index is 0.479. The number of pyridine rings is 1. The van der Waals surface area contributed by atoms with Crippen molar-refractivity contribution in [3.8, 4) is 55.9 Å². The SMILES string of the molecule is N=C(/C=C(/c1ccccc1)c1cccc2ccc(-c3cccc(-c4cccc(-c5cc(-c6ccccc6)nc(-c6ccccc6)c5)c4)c3)cc12)c1ccccc1. The van der Waals surface area contributed by atoms with Gasteiger partial charge in [-0.2, -0.15) is 0 Å². The van der Waals surface area contributed by atoms with Crippen molar-refractivity contribution in [3.63, 3.8) is 0 Å². The third-order valence-corrected chi connectivity index (χ3v) is 10.3. The van der Waals surface area contributed by atoms with Crippen LogP contribution in [-0.4, -0.2) is 10.7 Å².